The summed E-state index contributed by atoms with van der Waals surface area (Å²) in [6.45, 7) is 2.60. The topological polar surface area (TPSA) is 18.5 Å². The van der Waals surface area contributed by atoms with Crippen molar-refractivity contribution in [2.24, 2.45) is 0 Å². The molecule has 1 rings (SSSR count). The third kappa shape index (κ3) is 3.68. The number of hydrogen-bond donors (Lipinski definition) is 0. The molecule has 1 aromatic rings. The fourth-order valence-corrected chi connectivity index (χ4v) is 1.53. The lowest BCUT2D eigenvalue weighted by Crippen LogP contribution is -2.17. The molecule has 78 valence electrons. The molecule has 2 nitrogen and oxygen atoms in total. The van der Waals surface area contributed by atoms with Gasteiger partial charge in [0.2, 0.25) is 0 Å². The molecule has 0 amide bonds. The summed E-state index contributed by atoms with van der Waals surface area (Å²) in [5.74, 6) is 0.888. The first-order valence-corrected chi connectivity index (χ1v) is 5.69. The predicted octanol–water partition coefficient (Wildman–Crippen LogP) is 3.00. The number of halogens is 1. The molecule has 1 unspecified atom stereocenters. The summed E-state index contributed by atoms with van der Waals surface area (Å²) >= 11 is 3.40. The van der Waals surface area contributed by atoms with Crippen molar-refractivity contribution < 1.29 is 9.47 Å². The summed E-state index contributed by atoms with van der Waals surface area (Å²) < 4.78 is 10.6. The normalized spacial score (nSPS) is 12.5. The molecule has 0 fully saturated rings. The van der Waals surface area contributed by atoms with E-state index in [9.17, 15) is 0 Å². The zero-order valence-electron chi connectivity index (χ0n) is 8.50. The Morgan fingerprint density at radius 2 is 1.93 bits per heavy atom. The molecule has 1 atom stereocenters. The average Bonchev–Trinajstić information content (AvgIpc) is 2.19. The van der Waals surface area contributed by atoms with Crippen LogP contribution in [0.1, 0.15) is 12.5 Å². The van der Waals surface area contributed by atoms with Crippen molar-refractivity contribution in [1.29, 1.82) is 0 Å². The minimum atomic E-state index is 0.0924. The van der Waals surface area contributed by atoms with Crippen molar-refractivity contribution in [3.8, 4) is 5.75 Å². The molecule has 0 radical (unpaired) electrons. The molecule has 14 heavy (non-hydrogen) atoms. The van der Waals surface area contributed by atoms with Crippen LogP contribution in [0.15, 0.2) is 24.3 Å². The van der Waals surface area contributed by atoms with Crippen LogP contribution in [0.4, 0.5) is 0 Å². The van der Waals surface area contributed by atoms with Gasteiger partial charge in [-0.15, -0.1) is 0 Å². The van der Waals surface area contributed by atoms with E-state index in [1.165, 1.54) is 5.56 Å². The maximum Gasteiger partial charge on any atom is 0.119 e. The molecule has 0 aliphatic carbocycles. The Hall–Kier alpha value is -0.540. The lowest BCUT2D eigenvalue weighted by molar-refractivity contribution is 0.0921. The molecule has 0 heterocycles. The van der Waals surface area contributed by atoms with Crippen LogP contribution >= 0.6 is 15.9 Å². The number of alkyl halides is 1. The molecule has 1 aromatic carbocycles. The van der Waals surface area contributed by atoms with Crippen molar-refractivity contribution in [2.45, 2.75) is 18.4 Å². The maximum atomic E-state index is 5.61. The summed E-state index contributed by atoms with van der Waals surface area (Å²) in [4.78, 5) is 0. The number of methoxy groups -OCH3 is 1. The van der Waals surface area contributed by atoms with E-state index in [4.69, 9.17) is 9.47 Å². The van der Waals surface area contributed by atoms with Gasteiger partial charge in [0.05, 0.1) is 6.61 Å². The van der Waals surface area contributed by atoms with Crippen LogP contribution in [0.25, 0.3) is 0 Å². The predicted molar refractivity (Wildman–Crippen MR) is 61.0 cm³/mol. The standard InChI is InChI=1S/C11H15BrO2/c1-9(8-13-2)14-11-5-3-10(7-12)4-6-11/h3-6,9H,7-8H2,1-2H3. The van der Waals surface area contributed by atoms with Crippen molar-refractivity contribution >= 4 is 15.9 Å². The van der Waals surface area contributed by atoms with Crippen molar-refractivity contribution in [3.63, 3.8) is 0 Å². The first-order chi connectivity index (χ1) is 6.76. The van der Waals surface area contributed by atoms with Gasteiger partial charge in [-0.2, -0.15) is 0 Å². The lowest BCUT2D eigenvalue weighted by atomic mass is 10.2. The molecule has 0 spiro atoms. The van der Waals surface area contributed by atoms with E-state index >= 15 is 0 Å². The van der Waals surface area contributed by atoms with Crippen LogP contribution in [0.3, 0.4) is 0 Å². The monoisotopic (exact) mass is 258 g/mol. The van der Waals surface area contributed by atoms with E-state index in [0.717, 1.165) is 11.1 Å². The highest BCUT2D eigenvalue weighted by atomic mass is 79.9. The fourth-order valence-electron chi connectivity index (χ4n) is 1.16. The Balaban J connectivity index is 2.50. The maximum absolute atomic E-state index is 5.61. The van der Waals surface area contributed by atoms with Gasteiger partial charge in [0.15, 0.2) is 0 Å². The number of rotatable bonds is 5. The van der Waals surface area contributed by atoms with Crippen LogP contribution in [-0.2, 0) is 10.1 Å². The first kappa shape index (κ1) is 11.5. The number of hydrogen-bond acceptors (Lipinski definition) is 2. The molecule has 0 aliphatic rings. The summed E-state index contributed by atoms with van der Waals surface area (Å²) in [5.41, 5.74) is 1.25. The number of ether oxygens (including phenoxy) is 2. The molecular formula is C11H15BrO2. The molecular weight excluding hydrogens is 244 g/mol. The second kappa shape index (κ2) is 6.04. The van der Waals surface area contributed by atoms with Gasteiger partial charge in [0.1, 0.15) is 11.9 Å². The van der Waals surface area contributed by atoms with Gasteiger partial charge < -0.3 is 9.47 Å². The van der Waals surface area contributed by atoms with E-state index in [2.05, 4.69) is 15.9 Å². The average molecular weight is 259 g/mol. The molecule has 0 aromatic heterocycles. The Bertz CT molecular complexity index is 258. The largest absolute Gasteiger partial charge is 0.488 e. The highest BCUT2D eigenvalue weighted by molar-refractivity contribution is 9.08. The van der Waals surface area contributed by atoms with Crippen LogP contribution < -0.4 is 4.74 Å². The molecule has 0 N–H and O–H groups in total. The van der Waals surface area contributed by atoms with Crippen molar-refractivity contribution in [3.05, 3.63) is 29.8 Å². The second-order valence-electron chi connectivity index (χ2n) is 3.16. The van der Waals surface area contributed by atoms with Crippen LogP contribution in [0, 0.1) is 0 Å². The highest BCUT2D eigenvalue weighted by Crippen LogP contribution is 2.15. The minimum Gasteiger partial charge on any atom is -0.488 e. The summed E-state index contributed by atoms with van der Waals surface area (Å²) in [7, 11) is 1.67. The van der Waals surface area contributed by atoms with Crippen molar-refractivity contribution in [1.82, 2.24) is 0 Å². The SMILES string of the molecule is COCC(C)Oc1ccc(CBr)cc1. The molecule has 0 saturated carbocycles. The van der Waals surface area contributed by atoms with Crippen LogP contribution in [0.2, 0.25) is 0 Å². The Labute approximate surface area is 93.4 Å². The fraction of sp³-hybridized carbons (Fsp3) is 0.455. The number of benzene rings is 1. The van der Waals surface area contributed by atoms with Crippen LogP contribution in [-0.4, -0.2) is 19.8 Å². The molecule has 3 heteroatoms. The molecule has 0 saturated heterocycles. The summed E-state index contributed by atoms with van der Waals surface area (Å²) in [6, 6.07) is 8.04. The van der Waals surface area contributed by atoms with Gasteiger partial charge in [-0.1, -0.05) is 28.1 Å². The van der Waals surface area contributed by atoms with E-state index < -0.39 is 0 Å². The van der Waals surface area contributed by atoms with E-state index in [1.807, 2.05) is 31.2 Å². The van der Waals surface area contributed by atoms with E-state index in [-0.39, 0.29) is 6.10 Å². The Kier molecular flexibility index (Phi) is 4.98. The van der Waals surface area contributed by atoms with Gasteiger partial charge in [-0.3, -0.25) is 0 Å². The molecule has 0 aliphatic heterocycles. The summed E-state index contributed by atoms with van der Waals surface area (Å²) in [5, 5.41) is 0.876. The Morgan fingerprint density at radius 3 is 2.43 bits per heavy atom. The lowest BCUT2D eigenvalue weighted by Gasteiger charge is -2.13. The molecule has 0 bridgehead atoms. The van der Waals surface area contributed by atoms with Gasteiger partial charge >= 0.3 is 0 Å². The minimum absolute atomic E-state index is 0.0924. The van der Waals surface area contributed by atoms with Gasteiger partial charge in [0.25, 0.3) is 0 Å². The van der Waals surface area contributed by atoms with Crippen molar-refractivity contribution in [2.75, 3.05) is 13.7 Å². The van der Waals surface area contributed by atoms with Gasteiger partial charge in [0, 0.05) is 12.4 Å². The smallest absolute Gasteiger partial charge is 0.119 e. The van der Waals surface area contributed by atoms with E-state index in [0.29, 0.717) is 6.61 Å². The third-order valence-electron chi connectivity index (χ3n) is 1.82. The zero-order chi connectivity index (χ0) is 10.4. The quantitative estimate of drug-likeness (QED) is 0.757. The van der Waals surface area contributed by atoms with Gasteiger partial charge in [-0.25, -0.2) is 0 Å². The third-order valence-corrected chi connectivity index (χ3v) is 2.46. The zero-order valence-corrected chi connectivity index (χ0v) is 10.1. The van der Waals surface area contributed by atoms with Gasteiger partial charge in [-0.05, 0) is 24.6 Å². The second-order valence-corrected chi connectivity index (χ2v) is 3.72. The summed E-state index contributed by atoms with van der Waals surface area (Å²) in [6.07, 6.45) is 0.0924. The van der Waals surface area contributed by atoms with Crippen LogP contribution in [0.5, 0.6) is 5.75 Å². The first-order valence-electron chi connectivity index (χ1n) is 4.56. The Morgan fingerprint density at radius 1 is 1.29 bits per heavy atom. The highest BCUT2D eigenvalue weighted by Gasteiger charge is 2.02. The van der Waals surface area contributed by atoms with E-state index in [1.54, 1.807) is 7.11 Å².